The zero-order chi connectivity index (χ0) is 14.7. The standard InChI is InChI=1S/C17H26N2OS.ClH/c18-13-7-9-14(10-8-13)19-17(20)16-11-12-5-3-1-2-4-6-15(12)21-16;/h11,13-14H,1-10,18H2,(H,19,20);1H. The van der Waals surface area contributed by atoms with Crippen LogP contribution in [-0.4, -0.2) is 18.0 Å². The molecule has 0 bridgehead atoms. The minimum Gasteiger partial charge on any atom is -0.349 e. The third-order valence-corrected chi connectivity index (χ3v) is 6.06. The number of thiophene rings is 1. The lowest BCUT2D eigenvalue weighted by Crippen LogP contribution is -2.40. The summed E-state index contributed by atoms with van der Waals surface area (Å²) in [5.74, 6) is 0.132. The number of hydrogen-bond acceptors (Lipinski definition) is 3. The summed E-state index contributed by atoms with van der Waals surface area (Å²) in [6, 6.07) is 2.80. The summed E-state index contributed by atoms with van der Waals surface area (Å²) >= 11 is 1.72. The number of fused-ring (bicyclic) bond motifs is 1. The van der Waals surface area contributed by atoms with Gasteiger partial charge in [-0.2, -0.15) is 0 Å². The van der Waals surface area contributed by atoms with E-state index in [1.54, 1.807) is 11.3 Å². The molecule has 1 saturated carbocycles. The smallest absolute Gasteiger partial charge is 0.261 e. The van der Waals surface area contributed by atoms with Crippen LogP contribution in [0, 0.1) is 0 Å². The summed E-state index contributed by atoms with van der Waals surface area (Å²) < 4.78 is 0. The number of carbonyl (C=O) groups excluding carboxylic acids is 1. The van der Waals surface area contributed by atoms with Crippen LogP contribution in [0.4, 0.5) is 0 Å². The summed E-state index contributed by atoms with van der Waals surface area (Å²) in [6.07, 6.45) is 11.6. The number of hydrogen-bond donors (Lipinski definition) is 2. The van der Waals surface area contributed by atoms with Gasteiger partial charge in [-0.05, 0) is 63.0 Å². The highest BCUT2D eigenvalue weighted by Crippen LogP contribution is 2.29. The molecule has 0 saturated heterocycles. The fraction of sp³-hybridized carbons (Fsp3) is 0.706. The molecule has 1 aromatic heterocycles. The lowest BCUT2D eigenvalue weighted by Gasteiger charge is -2.26. The molecule has 1 aromatic rings. The second kappa shape index (κ2) is 8.32. The number of carbonyl (C=O) groups is 1. The SMILES string of the molecule is Cl.NC1CCC(NC(=O)c2cc3c(s2)CCCCCC3)CC1. The highest BCUT2D eigenvalue weighted by Gasteiger charge is 2.22. The van der Waals surface area contributed by atoms with Gasteiger partial charge >= 0.3 is 0 Å². The lowest BCUT2D eigenvalue weighted by molar-refractivity contribution is 0.0930. The van der Waals surface area contributed by atoms with Crippen LogP contribution < -0.4 is 11.1 Å². The van der Waals surface area contributed by atoms with Gasteiger partial charge in [0.2, 0.25) is 0 Å². The van der Waals surface area contributed by atoms with Crippen molar-refractivity contribution in [3.63, 3.8) is 0 Å². The molecule has 124 valence electrons. The topological polar surface area (TPSA) is 55.1 Å². The Morgan fingerprint density at radius 1 is 1.09 bits per heavy atom. The van der Waals surface area contributed by atoms with Gasteiger partial charge in [0.25, 0.3) is 5.91 Å². The molecule has 1 amide bonds. The maximum Gasteiger partial charge on any atom is 0.261 e. The van der Waals surface area contributed by atoms with Gasteiger partial charge in [0.05, 0.1) is 4.88 Å². The van der Waals surface area contributed by atoms with E-state index >= 15 is 0 Å². The van der Waals surface area contributed by atoms with Crippen LogP contribution in [0.3, 0.4) is 0 Å². The van der Waals surface area contributed by atoms with Crippen molar-refractivity contribution in [2.45, 2.75) is 76.3 Å². The van der Waals surface area contributed by atoms with Gasteiger partial charge in [-0.3, -0.25) is 4.79 Å². The molecule has 0 aromatic carbocycles. The maximum absolute atomic E-state index is 12.5. The fourth-order valence-corrected chi connectivity index (χ4v) is 4.63. The van der Waals surface area contributed by atoms with Crippen molar-refractivity contribution in [3.8, 4) is 0 Å². The van der Waals surface area contributed by atoms with Crippen LogP contribution in [-0.2, 0) is 12.8 Å². The molecule has 1 heterocycles. The Kier molecular flexibility index (Phi) is 6.72. The van der Waals surface area contributed by atoms with Crippen LogP contribution in [0.2, 0.25) is 0 Å². The van der Waals surface area contributed by atoms with Gasteiger partial charge in [0.1, 0.15) is 0 Å². The summed E-state index contributed by atoms with van der Waals surface area (Å²) in [7, 11) is 0. The monoisotopic (exact) mass is 342 g/mol. The Labute approximate surface area is 143 Å². The predicted octanol–water partition coefficient (Wildman–Crippen LogP) is 3.83. The van der Waals surface area contributed by atoms with Crippen molar-refractivity contribution in [3.05, 3.63) is 21.4 Å². The Hall–Kier alpha value is -0.580. The maximum atomic E-state index is 12.5. The second-order valence-corrected chi connectivity index (χ2v) is 7.70. The molecule has 0 radical (unpaired) electrons. The van der Waals surface area contributed by atoms with Crippen molar-refractivity contribution in [2.24, 2.45) is 5.73 Å². The fourth-order valence-electron chi connectivity index (χ4n) is 3.48. The van der Waals surface area contributed by atoms with E-state index in [0.717, 1.165) is 43.4 Å². The van der Waals surface area contributed by atoms with Gasteiger partial charge in [-0.25, -0.2) is 0 Å². The molecule has 22 heavy (non-hydrogen) atoms. The summed E-state index contributed by atoms with van der Waals surface area (Å²) in [6.45, 7) is 0. The molecular weight excluding hydrogens is 316 g/mol. The first-order valence-corrected chi connectivity index (χ1v) is 9.22. The first kappa shape index (κ1) is 17.8. The molecule has 3 nitrogen and oxygen atoms in total. The summed E-state index contributed by atoms with van der Waals surface area (Å²) in [4.78, 5) is 14.8. The van der Waals surface area contributed by atoms with Crippen molar-refractivity contribution in [2.75, 3.05) is 0 Å². The minimum atomic E-state index is 0. The van der Waals surface area contributed by atoms with Crippen LogP contribution >= 0.6 is 23.7 Å². The third-order valence-electron chi connectivity index (χ3n) is 4.83. The van der Waals surface area contributed by atoms with E-state index in [2.05, 4.69) is 11.4 Å². The van der Waals surface area contributed by atoms with E-state index in [-0.39, 0.29) is 18.3 Å². The van der Waals surface area contributed by atoms with Gasteiger partial charge in [-0.15, -0.1) is 23.7 Å². The van der Waals surface area contributed by atoms with Crippen molar-refractivity contribution in [1.29, 1.82) is 0 Å². The number of aryl methyl sites for hydroxylation is 2. The normalized spacial score (nSPS) is 25.3. The van der Waals surface area contributed by atoms with Gasteiger partial charge in [-0.1, -0.05) is 12.8 Å². The van der Waals surface area contributed by atoms with Crippen molar-refractivity contribution >= 4 is 29.7 Å². The lowest BCUT2D eigenvalue weighted by atomic mass is 9.92. The summed E-state index contributed by atoms with van der Waals surface area (Å²) in [5.41, 5.74) is 7.35. The molecule has 0 aliphatic heterocycles. The number of amides is 1. The molecule has 1 fully saturated rings. The van der Waals surface area contributed by atoms with Gasteiger partial charge in [0, 0.05) is 17.0 Å². The van der Waals surface area contributed by atoms with Crippen LogP contribution in [0.1, 0.15) is 71.5 Å². The average molecular weight is 343 g/mol. The minimum absolute atomic E-state index is 0. The first-order valence-electron chi connectivity index (χ1n) is 8.40. The average Bonchev–Trinajstić information content (AvgIpc) is 2.84. The Balaban J connectivity index is 0.00000176. The molecule has 2 aliphatic carbocycles. The van der Waals surface area contributed by atoms with E-state index in [0.29, 0.717) is 12.1 Å². The van der Waals surface area contributed by atoms with E-state index in [4.69, 9.17) is 5.73 Å². The number of nitrogens with one attached hydrogen (secondary N) is 1. The van der Waals surface area contributed by atoms with Crippen molar-refractivity contribution in [1.82, 2.24) is 5.32 Å². The highest BCUT2D eigenvalue weighted by atomic mass is 35.5. The van der Waals surface area contributed by atoms with Crippen LogP contribution in [0.15, 0.2) is 6.07 Å². The number of rotatable bonds is 2. The van der Waals surface area contributed by atoms with E-state index in [1.807, 2.05) is 0 Å². The van der Waals surface area contributed by atoms with Crippen LogP contribution in [0.25, 0.3) is 0 Å². The molecular formula is C17H27ClN2OS. The molecule has 0 unspecified atom stereocenters. The second-order valence-electron chi connectivity index (χ2n) is 6.56. The zero-order valence-electron chi connectivity index (χ0n) is 13.1. The molecule has 3 N–H and O–H groups in total. The van der Waals surface area contributed by atoms with E-state index < -0.39 is 0 Å². The van der Waals surface area contributed by atoms with E-state index in [9.17, 15) is 4.79 Å². The molecule has 5 heteroatoms. The molecule has 3 rings (SSSR count). The van der Waals surface area contributed by atoms with Gasteiger partial charge < -0.3 is 11.1 Å². The Morgan fingerprint density at radius 2 is 1.77 bits per heavy atom. The quantitative estimate of drug-likeness (QED) is 0.858. The Morgan fingerprint density at radius 3 is 2.50 bits per heavy atom. The Bertz CT molecular complexity index is 469. The first-order chi connectivity index (χ1) is 10.2. The molecule has 0 atom stereocenters. The van der Waals surface area contributed by atoms with Crippen molar-refractivity contribution < 1.29 is 4.79 Å². The van der Waals surface area contributed by atoms with Gasteiger partial charge in [0.15, 0.2) is 0 Å². The summed E-state index contributed by atoms with van der Waals surface area (Å²) in [5, 5.41) is 3.21. The van der Waals surface area contributed by atoms with Crippen LogP contribution in [0.5, 0.6) is 0 Å². The predicted molar refractivity (Wildman–Crippen MR) is 95.1 cm³/mol. The number of nitrogens with two attached hydrogens (primary N) is 1. The highest BCUT2D eigenvalue weighted by molar-refractivity contribution is 7.14. The molecule has 0 spiro atoms. The zero-order valence-corrected chi connectivity index (χ0v) is 14.7. The van der Waals surface area contributed by atoms with E-state index in [1.165, 1.54) is 36.1 Å². The molecule has 2 aliphatic rings. The number of halogens is 1. The largest absolute Gasteiger partial charge is 0.349 e. The third kappa shape index (κ3) is 4.46.